The van der Waals surface area contributed by atoms with E-state index in [1.165, 1.54) is 5.56 Å². The van der Waals surface area contributed by atoms with Crippen LogP contribution in [0.3, 0.4) is 0 Å². The lowest BCUT2D eigenvalue weighted by molar-refractivity contribution is 0.0697. The van der Waals surface area contributed by atoms with Crippen LogP contribution in [0.4, 0.5) is 0 Å². The number of hydrogen-bond acceptors (Lipinski definition) is 1. The predicted molar refractivity (Wildman–Crippen MR) is 73.2 cm³/mol. The molecule has 0 aliphatic heterocycles. The van der Waals surface area contributed by atoms with Crippen molar-refractivity contribution >= 4 is 17.6 Å². The molecule has 0 aliphatic carbocycles. The average molecular weight is 261 g/mol. The molecule has 0 aromatic heterocycles. The van der Waals surface area contributed by atoms with Crippen LogP contribution in [-0.2, 0) is 6.42 Å². The normalized spacial score (nSPS) is 10.3. The van der Waals surface area contributed by atoms with E-state index in [0.29, 0.717) is 0 Å². The maximum absolute atomic E-state index is 11.0. The molecule has 0 atom stereocenters. The summed E-state index contributed by atoms with van der Waals surface area (Å²) in [5.74, 6) is -1.01. The Labute approximate surface area is 111 Å². The first-order valence-corrected chi connectivity index (χ1v) is 6.11. The van der Waals surface area contributed by atoms with Gasteiger partial charge in [-0.3, -0.25) is 0 Å². The highest BCUT2D eigenvalue weighted by Gasteiger charge is 2.10. The van der Waals surface area contributed by atoms with E-state index in [9.17, 15) is 4.79 Å². The maximum atomic E-state index is 11.0. The summed E-state index contributed by atoms with van der Waals surface area (Å²) in [6.45, 7) is 2.09. The summed E-state index contributed by atoms with van der Waals surface area (Å²) in [4.78, 5) is 11.0. The third kappa shape index (κ3) is 2.54. The Morgan fingerprint density at radius 1 is 1.17 bits per heavy atom. The summed E-state index contributed by atoms with van der Waals surface area (Å²) in [6, 6.07) is 13.1. The third-order valence-corrected chi connectivity index (χ3v) is 3.19. The quantitative estimate of drug-likeness (QED) is 0.895. The van der Waals surface area contributed by atoms with E-state index in [2.05, 4.69) is 19.1 Å². The van der Waals surface area contributed by atoms with Gasteiger partial charge in [0.2, 0.25) is 0 Å². The van der Waals surface area contributed by atoms with Crippen molar-refractivity contribution in [2.75, 3.05) is 0 Å². The second-order valence-electron chi connectivity index (χ2n) is 4.05. The van der Waals surface area contributed by atoms with Crippen molar-refractivity contribution in [2.24, 2.45) is 0 Å². The van der Waals surface area contributed by atoms with Gasteiger partial charge in [0.05, 0.1) is 10.6 Å². The van der Waals surface area contributed by atoms with Crippen molar-refractivity contribution in [3.63, 3.8) is 0 Å². The fraction of sp³-hybridized carbons (Fsp3) is 0.133. The summed E-state index contributed by atoms with van der Waals surface area (Å²) in [5.41, 5.74) is 3.23. The molecular weight excluding hydrogens is 248 g/mol. The number of hydrogen-bond donors (Lipinski definition) is 1. The van der Waals surface area contributed by atoms with E-state index < -0.39 is 5.97 Å². The lowest BCUT2D eigenvalue weighted by Crippen LogP contribution is -1.97. The van der Waals surface area contributed by atoms with Crippen LogP contribution >= 0.6 is 11.6 Å². The number of carboxylic acid groups (broad SMARTS) is 1. The van der Waals surface area contributed by atoms with Gasteiger partial charge in [-0.2, -0.15) is 0 Å². The maximum Gasteiger partial charge on any atom is 0.337 e. The molecule has 2 aromatic carbocycles. The molecule has 92 valence electrons. The number of rotatable bonds is 3. The van der Waals surface area contributed by atoms with Crippen LogP contribution in [0.1, 0.15) is 22.8 Å². The fourth-order valence-electron chi connectivity index (χ4n) is 1.84. The van der Waals surface area contributed by atoms with Gasteiger partial charge in [-0.25, -0.2) is 4.79 Å². The molecule has 0 amide bonds. The van der Waals surface area contributed by atoms with E-state index >= 15 is 0 Å². The van der Waals surface area contributed by atoms with Crippen molar-refractivity contribution in [2.45, 2.75) is 13.3 Å². The monoisotopic (exact) mass is 260 g/mol. The molecule has 0 spiro atoms. The van der Waals surface area contributed by atoms with Gasteiger partial charge >= 0.3 is 5.97 Å². The molecule has 0 unspecified atom stereocenters. The van der Waals surface area contributed by atoms with Gasteiger partial charge in [0.25, 0.3) is 0 Å². The number of carboxylic acids is 1. The van der Waals surface area contributed by atoms with E-state index in [4.69, 9.17) is 16.7 Å². The molecule has 0 radical (unpaired) electrons. The van der Waals surface area contributed by atoms with E-state index in [1.54, 1.807) is 12.1 Å². The van der Waals surface area contributed by atoms with Crippen molar-refractivity contribution in [1.82, 2.24) is 0 Å². The van der Waals surface area contributed by atoms with Gasteiger partial charge in [-0.05, 0) is 35.2 Å². The number of benzene rings is 2. The minimum atomic E-state index is -1.01. The highest BCUT2D eigenvalue weighted by molar-refractivity contribution is 6.33. The number of halogens is 1. The topological polar surface area (TPSA) is 37.3 Å². The van der Waals surface area contributed by atoms with Crippen LogP contribution in [0.25, 0.3) is 11.1 Å². The van der Waals surface area contributed by atoms with Crippen LogP contribution in [0.15, 0.2) is 42.5 Å². The molecule has 2 rings (SSSR count). The molecule has 3 heteroatoms. The van der Waals surface area contributed by atoms with Gasteiger partial charge in [-0.15, -0.1) is 0 Å². The fourth-order valence-corrected chi connectivity index (χ4v) is 2.04. The second kappa shape index (κ2) is 5.23. The summed E-state index contributed by atoms with van der Waals surface area (Å²) in [6.07, 6.45) is 0.952. The standard InChI is InChI=1S/C15H13ClO2/c1-2-10-4-3-5-11(8-10)12-6-7-14(16)13(9-12)15(17)18/h3-9H,2H2,1H3,(H,17,18). The minimum absolute atomic E-state index is 0.135. The Kier molecular flexibility index (Phi) is 3.68. The van der Waals surface area contributed by atoms with Gasteiger partial charge in [-0.1, -0.05) is 48.9 Å². The Morgan fingerprint density at radius 2 is 1.89 bits per heavy atom. The first-order chi connectivity index (χ1) is 8.61. The molecule has 0 saturated heterocycles. The molecule has 0 fully saturated rings. The lowest BCUT2D eigenvalue weighted by Gasteiger charge is -2.06. The third-order valence-electron chi connectivity index (χ3n) is 2.87. The average Bonchev–Trinajstić information content (AvgIpc) is 2.39. The van der Waals surface area contributed by atoms with Crippen molar-refractivity contribution in [3.05, 3.63) is 58.6 Å². The zero-order chi connectivity index (χ0) is 13.1. The molecule has 0 aliphatic rings. The Balaban J connectivity index is 2.50. The van der Waals surface area contributed by atoms with Gasteiger partial charge in [0, 0.05) is 0 Å². The van der Waals surface area contributed by atoms with Crippen LogP contribution in [0, 0.1) is 0 Å². The van der Waals surface area contributed by atoms with Crippen molar-refractivity contribution < 1.29 is 9.90 Å². The number of aryl methyl sites for hydroxylation is 1. The molecule has 2 nitrogen and oxygen atoms in total. The number of carbonyl (C=O) groups is 1. The molecule has 0 heterocycles. The zero-order valence-corrected chi connectivity index (χ0v) is 10.7. The van der Waals surface area contributed by atoms with E-state index in [1.807, 2.05) is 18.2 Å². The zero-order valence-electron chi connectivity index (χ0n) is 9.98. The van der Waals surface area contributed by atoms with Gasteiger partial charge in [0.15, 0.2) is 0 Å². The first-order valence-electron chi connectivity index (χ1n) is 5.74. The van der Waals surface area contributed by atoms with Crippen molar-refractivity contribution in [3.8, 4) is 11.1 Å². The Hall–Kier alpha value is -1.80. The lowest BCUT2D eigenvalue weighted by atomic mass is 10.0. The second-order valence-corrected chi connectivity index (χ2v) is 4.46. The van der Waals surface area contributed by atoms with Crippen LogP contribution < -0.4 is 0 Å². The van der Waals surface area contributed by atoms with E-state index in [0.717, 1.165) is 17.5 Å². The van der Waals surface area contributed by atoms with Crippen LogP contribution in [0.2, 0.25) is 5.02 Å². The summed E-state index contributed by atoms with van der Waals surface area (Å²) in [5, 5.41) is 9.32. The molecular formula is C15H13ClO2. The molecule has 0 saturated carbocycles. The van der Waals surface area contributed by atoms with Crippen LogP contribution in [0.5, 0.6) is 0 Å². The first kappa shape index (κ1) is 12.7. The summed E-state index contributed by atoms with van der Waals surface area (Å²) in [7, 11) is 0. The Morgan fingerprint density at radius 3 is 2.56 bits per heavy atom. The largest absolute Gasteiger partial charge is 0.478 e. The highest BCUT2D eigenvalue weighted by Crippen LogP contribution is 2.26. The molecule has 0 bridgehead atoms. The smallest absolute Gasteiger partial charge is 0.337 e. The Bertz CT molecular complexity index is 591. The van der Waals surface area contributed by atoms with E-state index in [-0.39, 0.29) is 10.6 Å². The minimum Gasteiger partial charge on any atom is -0.478 e. The highest BCUT2D eigenvalue weighted by atomic mass is 35.5. The molecule has 18 heavy (non-hydrogen) atoms. The van der Waals surface area contributed by atoms with Gasteiger partial charge in [0.1, 0.15) is 0 Å². The predicted octanol–water partition coefficient (Wildman–Crippen LogP) is 4.27. The van der Waals surface area contributed by atoms with Gasteiger partial charge < -0.3 is 5.11 Å². The summed E-state index contributed by atoms with van der Waals surface area (Å²) >= 11 is 5.86. The van der Waals surface area contributed by atoms with Crippen molar-refractivity contribution in [1.29, 1.82) is 0 Å². The molecule has 1 N–H and O–H groups in total. The summed E-state index contributed by atoms with van der Waals surface area (Å²) < 4.78 is 0. The molecule has 2 aromatic rings. The number of aromatic carboxylic acids is 1. The SMILES string of the molecule is CCc1cccc(-c2ccc(Cl)c(C(=O)O)c2)c1. The van der Waals surface area contributed by atoms with Crippen LogP contribution in [-0.4, -0.2) is 11.1 Å².